The summed E-state index contributed by atoms with van der Waals surface area (Å²) in [6.07, 6.45) is 3.61. The number of hydrogen-bond acceptors (Lipinski definition) is 4. The van der Waals surface area contributed by atoms with Crippen molar-refractivity contribution in [1.82, 2.24) is 4.98 Å². The summed E-state index contributed by atoms with van der Waals surface area (Å²) < 4.78 is 17.8. The minimum atomic E-state index is -0.406. The average Bonchev–Trinajstić information content (AvgIpc) is 2.84. The number of halogens is 1. The Morgan fingerprint density at radius 2 is 2.15 bits per heavy atom. The molecule has 0 spiro atoms. The van der Waals surface area contributed by atoms with Crippen LogP contribution in [0, 0.1) is 12.7 Å². The van der Waals surface area contributed by atoms with Crippen LogP contribution in [0.4, 0.5) is 4.39 Å². The number of esters is 1. The maximum Gasteiger partial charge on any atom is 0.330 e. The number of aromatic nitrogens is 1. The molecule has 0 fully saturated rings. The Morgan fingerprint density at radius 3 is 2.80 bits per heavy atom. The number of aryl methyl sites for hydroxylation is 1. The molecular weight excluding hydrogens is 277 g/mol. The highest BCUT2D eigenvalue weighted by Gasteiger charge is 2.03. The molecule has 0 atom stereocenters. The van der Waals surface area contributed by atoms with Gasteiger partial charge in [0.1, 0.15) is 5.82 Å². The quantitative estimate of drug-likeness (QED) is 0.626. The van der Waals surface area contributed by atoms with Gasteiger partial charge in [-0.05, 0) is 30.7 Å². The molecule has 0 aliphatic rings. The van der Waals surface area contributed by atoms with E-state index in [1.807, 2.05) is 6.92 Å². The van der Waals surface area contributed by atoms with Crippen molar-refractivity contribution in [2.75, 3.05) is 6.61 Å². The first kappa shape index (κ1) is 14.4. The number of benzene rings is 1. The van der Waals surface area contributed by atoms with E-state index in [4.69, 9.17) is 4.74 Å². The zero-order valence-corrected chi connectivity index (χ0v) is 11.8. The van der Waals surface area contributed by atoms with E-state index in [9.17, 15) is 9.18 Å². The standard InChI is InChI=1S/C15H14FNO2S/c1-11-14(20-10-17-11)8-9-19-15(18)7-4-12-2-5-13(16)6-3-12/h2-7,10H,8-9H2,1H3/b7-4+. The molecule has 0 N–H and O–H groups in total. The average molecular weight is 291 g/mol. The Kier molecular flexibility index (Phi) is 5.01. The number of ether oxygens (including phenoxy) is 1. The number of thiazole rings is 1. The lowest BCUT2D eigenvalue weighted by Crippen LogP contribution is -2.04. The second kappa shape index (κ2) is 6.96. The second-order valence-corrected chi connectivity index (χ2v) is 5.10. The van der Waals surface area contributed by atoms with Gasteiger partial charge in [-0.25, -0.2) is 14.2 Å². The summed E-state index contributed by atoms with van der Waals surface area (Å²) in [6.45, 7) is 2.26. The number of carbonyl (C=O) groups excluding carboxylic acids is 1. The Bertz CT molecular complexity index is 605. The van der Waals surface area contributed by atoms with Crippen molar-refractivity contribution in [3.05, 3.63) is 57.8 Å². The predicted octanol–water partition coefficient (Wildman–Crippen LogP) is 3.39. The largest absolute Gasteiger partial charge is 0.462 e. The zero-order valence-electron chi connectivity index (χ0n) is 11.0. The van der Waals surface area contributed by atoms with Crippen LogP contribution in [0.3, 0.4) is 0 Å². The van der Waals surface area contributed by atoms with Gasteiger partial charge in [-0.2, -0.15) is 0 Å². The second-order valence-electron chi connectivity index (χ2n) is 4.16. The summed E-state index contributed by atoms with van der Waals surface area (Å²) in [6, 6.07) is 5.88. The van der Waals surface area contributed by atoms with Gasteiger partial charge in [-0.15, -0.1) is 11.3 Å². The van der Waals surface area contributed by atoms with Gasteiger partial charge in [0.2, 0.25) is 0 Å². The van der Waals surface area contributed by atoms with Crippen LogP contribution in [-0.2, 0) is 16.0 Å². The van der Waals surface area contributed by atoms with Gasteiger partial charge in [-0.3, -0.25) is 0 Å². The molecule has 0 bridgehead atoms. The Balaban J connectivity index is 1.78. The highest BCUT2D eigenvalue weighted by molar-refractivity contribution is 7.09. The lowest BCUT2D eigenvalue weighted by molar-refractivity contribution is -0.137. The first-order valence-electron chi connectivity index (χ1n) is 6.14. The molecular formula is C15H14FNO2S. The van der Waals surface area contributed by atoms with Gasteiger partial charge in [0, 0.05) is 17.4 Å². The van der Waals surface area contributed by atoms with Gasteiger partial charge in [-0.1, -0.05) is 12.1 Å². The molecule has 0 saturated heterocycles. The van der Waals surface area contributed by atoms with Crippen LogP contribution in [0.1, 0.15) is 16.1 Å². The van der Waals surface area contributed by atoms with Gasteiger partial charge < -0.3 is 4.74 Å². The molecule has 2 rings (SSSR count). The van der Waals surface area contributed by atoms with E-state index in [-0.39, 0.29) is 5.82 Å². The van der Waals surface area contributed by atoms with Crippen LogP contribution in [0.15, 0.2) is 35.9 Å². The molecule has 1 heterocycles. The number of nitrogens with zero attached hydrogens (tertiary/aromatic N) is 1. The van der Waals surface area contributed by atoms with Crippen molar-refractivity contribution >= 4 is 23.4 Å². The van der Waals surface area contributed by atoms with Crippen molar-refractivity contribution in [2.24, 2.45) is 0 Å². The summed E-state index contributed by atoms with van der Waals surface area (Å²) in [4.78, 5) is 16.8. The van der Waals surface area contributed by atoms with Crippen LogP contribution >= 0.6 is 11.3 Å². The molecule has 5 heteroatoms. The van der Waals surface area contributed by atoms with E-state index in [1.165, 1.54) is 18.2 Å². The summed E-state index contributed by atoms with van der Waals surface area (Å²) >= 11 is 1.56. The SMILES string of the molecule is Cc1ncsc1CCOC(=O)/C=C/c1ccc(F)cc1. The lowest BCUT2D eigenvalue weighted by atomic mass is 10.2. The Hall–Kier alpha value is -2.01. The lowest BCUT2D eigenvalue weighted by Gasteiger charge is -2.01. The topological polar surface area (TPSA) is 39.2 Å². The number of carbonyl (C=O) groups is 1. The van der Waals surface area contributed by atoms with Gasteiger partial charge >= 0.3 is 5.97 Å². The zero-order chi connectivity index (χ0) is 14.4. The van der Waals surface area contributed by atoms with Crippen LogP contribution < -0.4 is 0 Å². The van der Waals surface area contributed by atoms with E-state index in [1.54, 1.807) is 35.1 Å². The fourth-order valence-electron chi connectivity index (χ4n) is 1.60. The fraction of sp³-hybridized carbons (Fsp3) is 0.200. The highest BCUT2D eigenvalue weighted by atomic mass is 32.1. The third kappa shape index (κ3) is 4.28. The molecule has 0 saturated carbocycles. The highest BCUT2D eigenvalue weighted by Crippen LogP contribution is 2.12. The first-order chi connectivity index (χ1) is 9.65. The van der Waals surface area contributed by atoms with E-state index in [2.05, 4.69) is 4.98 Å². The van der Waals surface area contributed by atoms with Crippen LogP contribution in [-0.4, -0.2) is 17.6 Å². The third-order valence-electron chi connectivity index (χ3n) is 2.70. The smallest absolute Gasteiger partial charge is 0.330 e. The van der Waals surface area contributed by atoms with Crippen LogP contribution in [0.2, 0.25) is 0 Å². The van der Waals surface area contributed by atoms with E-state index in [0.29, 0.717) is 13.0 Å². The Labute approximate surface area is 120 Å². The van der Waals surface area contributed by atoms with Crippen LogP contribution in [0.5, 0.6) is 0 Å². The molecule has 1 aromatic heterocycles. The van der Waals surface area contributed by atoms with E-state index < -0.39 is 5.97 Å². The van der Waals surface area contributed by atoms with Gasteiger partial charge in [0.15, 0.2) is 0 Å². The summed E-state index contributed by atoms with van der Waals surface area (Å²) in [7, 11) is 0. The third-order valence-corrected chi connectivity index (χ3v) is 3.70. The fourth-order valence-corrected chi connectivity index (χ4v) is 2.36. The molecule has 0 aliphatic heterocycles. The summed E-state index contributed by atoms with van der Waals surface area (Å²) in [5, 5.41) is 0. The van der Waals surface area contributed by atoms with Crippen LogP contribution in [0.25, 0.3) is 6.08 Å². The molecule has 0 unspecified atom stereocenters. The molecule has 20 heavy (non-hydrogen) atoms. The monoisotopic (exact) mass is 291 g/mol. The van der Waals surface area contributed by atoms with Gasteiger partial charge in [0.05, 0.1) is 17.8 Å². The molecule has 3 nitrogen and oxygen atoms in total. The summed E-state index contributed by atoms with van der Waals surface area (Å²) in [5.74, 6) is -0.707. The molecule has 0 amide bonds. The summed E-state index contributed by atoms with van der Waals surface area (Å²) in [5.41, 5.74) is 3.51. The molecule has 1 aromatic carbocycles. The molecule has 0 radical (unpaired) electrons. The maximum atomic E-state index is 12.7. The van der Waals surface area contributed by atoms with E-state index >= 15 is 0 Å². The predicted molar refractivity (Wildman–Crippen MR) is 76.9 cm³/mol. The van der Waals surface area contributed by atoms with Crippen molar-refractivity contribution < 1.29 is 13.9 Å². The minimum Gasteiger partial charge on any atom is -0.462 e. The van der Waals surface area contributed by atoms with Crippen molar-refractivity contribution in [2.45, 2.75) is 13.3 Å². The Morgan fingerprint density at radius 1 is 1.40 bits per heavy atom. The van der Waals surface area contributed by atoms with Gasteiger partial charge in [0.25, 0.3) is 0 Å². The van der Waals surface area contributed by atoms with Crippen molar-refractivity contribution in [3.63, 3.8) is 0 Å². The first-order valence-corrected chi connectivity index (χ1v) is 7.02. The number of hydrogen-bond donors (Lipinski definition) is 0. The van der Waals surface area contributed by atoms with Crippen molar-refractivity contribution in [3.8, 4) is 0 Å². The minimum absolute atomic E-state index is 0.301. The number of rotatable bonds is 5. The normalized spacial score (nSPS) is 10.9. The van der Waals surface area contributed by atoms with Crippen molar-refractivity contribution in [1.29, 1.82) is 0 Å². The molecule has 0 aliphatic carbocycles. The molecule has 104 valence electrons. The van der Waals surface area contributed by atoms with E-state index in [0.717, 1.165) is 16.1 Å². The maximum absolute atomic E-state index is 12.7. The molecule has 2 aromatic rings.